The molecule has 0 saturated carbocycles. The molecule has 1 N–H and O–H groups in total. The van der Waals surface area contributed by atoms with Gasteiger partial charge in [0, 0.05) is 22.7 Å². The van der Waals surface area contributed by atoms with Gasteiger partial charge in [-0.3, -0.25) is 9.59 Å². The van der Waals surface area contributed by atoms with Gasteiger partial charge in [0.15, 0.2) is 0 Å². The highest BCUT2D eigenvalue weighted by Crippen LogP contribution is 2.06. The number of nitrogens with zero attached hydrogens (tertiary/aromatic N) is 2. The molecule has 5 nitrogen and oxygen atoms in total. The highest BCUT2D eigenvalue weighted by molar-refractivity contribution is 14.1. The van der Waals surface area contributed by atoms with Crippen molar-refractivity contribution in [2.24, 2.45) is 0 Å². The quantitative estimate of drug-likeness (QED) is 0.787. The molecule has 2 rings (SSSR count). The number of aromatic nitrogens is 2. The summed E-state index contributed by atoms with van der Waals surface area (Å²) in [4.78, 5) is 23.6. The third-order valence-corrected chi connectivity index (χ3v) is 3.62. The molecule has 6 heteroatoms. The zero-order valence-corrected chi connectivity index (χ0v) is 13.8. The summed E-state index contributed by atoms with van der Waals surface area (Å²) in [6.07, 6.45) is 0.792. The maximum Gasteiger partial charge on any atom is 0.271 e. The first kappa shape index (κ1) is 15.7. The summed E-state index contributed by atoms with van der Waals surface area (Å²) in [6, 6.07) is 10.7. The van der Waals surface area contributed by atoms with Gasteiger partial charge in [0.1, 0.15) is 5.69 Å². The van der Waals surface area contributed by atoms with Gasteiger partial charge in [-0.05, 0) is 52.8 Å². The Morgan fingerprint density at radius 2 is 1.95 bits per heavy atom. The van der Waals surface area contributed by atoms with E-state index >= 15 is 0 Å². The molecule has 0 aliphatic carbocycles. The van der Waals surface area contributed by atoms with E-state index in [1.807, 2.05) is 31.2 Å². The topological polar surface area (TPSA) is 64.0 Å². The van der Waals surface area contributed by atoms with Crippen LogP contribution in [0.5, 0.6) is 0 Å². The average molecular weight is 397 g/mol. The number of amides is 1. The highest BCUT2D eigenvalue weighted by atomic mass is 127. The summed E-state index contributed by atoms with van der Waals surface area (Å²) >= 11 is 2.23. The van der Waals surface area contributed by atoms with Crippen LogP contribution in [-0.4, -0.2) is 15.7 Å². The van der Waals surface area contributed by atoms with E-state index in [-0.39, 0.29) is 17.2 Å². The van der Waals surface area contributed by atoms with Crippen LogP contribution in [0.4, 0.5) is 0 Å². The molecular formula is C15H16IN3O2. The van der Waals surface area contributed by atoms with Crippen LogP contribution < -0.4 is 10.9 Å². The normalized spacial score (nSPS) is 10.4. The minimum absolute atomic E-state index is 0.189. The average Bonchev–Trinajstić information content (AvgIpc) is 2.49. The Morgan fingerprint density at radius 1 is 1.24 bits per heavy atom. The molecule has 0 unspecified atom stereocenters. The molecule has 0 aliphatic rings. The second-order valence-corrected chi connectivity index (χ2v) is 5.83. The lowest BCUT2D eigenvalue weighted by atomic mass is 10.2. The summed E-state index contributed by atoms with van der Waals surface area (Å²) in [5.74, 6) is -0.279. The molecule has 0 bridgehead atoms. The Bertz CT molecular complexity index is 680. The second kappa shape index (κ2) is 7.35. The van der Waals surface area contributed by atoms with Crippen molar-refractivity contribution in [3.05, 3.63) is 61.6 Å². The Kier molecular flexibility index (Phi) is 5.49. The minimum Gasteiger partial charge on any atom is -0.347 e. The molecule has 0 atom stereocenters. The van der Waals surface area contributed by atoms with Gasteiger partial charge in [0.25, 0.3) is 11.5 Å². The summed E-state index contributed by atoms with van der Waals surface area (Å²) < 4.78 is 2.47. The number of hydrogen-bond acceptors (Lipinski definition) is 3. The fourth-order valence-electron chi connectivity index (χ4n) is 1.82. The lowest BCUT2D eigenvalue weighted by molar-refractivity contribution is 0.0943. The van der Waals surface area contributed by atoms with Crippen molar-refractivity contribution in [2.75, 3.05) is 0 Å². The zero-order chi connectivity index (χ0) is 15.2. The van der Waals surface area contributed by atoms with Gasteiger partial charge < -0.3 is 5.32 Å². The van der Waals surface area contributed by atoms with E-state index in [0.29, 0.717) is 13.1 Å². The number of carbonyl (C=O) groups is 1. The van der Waals surface area contributed by atoms with Gasteiger partial charge in [-0.2, -0.15) is 5.10 Å². The van der Waals surface area contributed by atoms with Gasteiger partial charge >= 0.3 is 0 Å². The highest BCUT2D eigenvalue weighted by Gasteiger charge is 2.09. The largest absolute Gasteiger partial charge is 0.347 e. The van der Waals surface area contributed by atoms with E-state index in [1.165, 1.54) is 16.8 Å². The monoisotopic (exact) mass is 397 g/mol. The summed E-state index contributed by atoms with van der Waals surface area (Å²) in [7, 11) is 0. The van der Waals surface area contributed by atoms with Gasteiger partial charge in [-0.1, -0.05) is 19.1 Å². The predicted molar refractivity (Wildman–Crippen MR) is 89.1 cm³/mol. The number of carbonyl (C=O) groups excluding carboxylic acids is 1. The van der Waals surface area contributed by atoms with E-state index in [9.17, 15) is 9.59 Å². The van der Waals surface area contributed by atoms with Crippen molar-refractivity contribution in [1.29, 1.82) is 0 Å². The number of halogens is 1. The number of benzene rings is 1. The number of nitrogens with one attached hydrogen (secondary N) is 1. The summed E-state index contributed by atoms with van der Waals surface area (Å²) in [5, 5.41) is 6.88. The van der Waals surface area contributed by atoms with Crippen molar-refractivity contribution in [3.63, 3.8) is 0 Å². The molecule has 2 aromatic rings. The summed E-state index contributed by atoms with van der Waals surface area (Å²) in [5.41, 5.74) is 1.09. The molecule has 21 heavy (non-hydrogen) atoms. The van der Waals surface area contributed by atoms with Gasteiger partial charge in [0.05, 0.1) is 0 Å². The zero-order valence-electron chi connectivity index (χ0n) is 11.7. The molecule has 0 spiro atoms. The lowest BCUT2D eigenvalue weighted by Crippen LogP contribution is -2.29. The fourth-order valence-corrected chi connectivity index (χ4v) is 2.18. The molecule has 110 valence electrons. The first-order valence-electron chi connectivity index (χ1n) is 6.71. The van der Waals surface area contributed by atoms with Gasteiger partial charge in [-0.15, -0.1) is 0 Å². The first-order valence-corrected chi connectivity index (χ1v) is 7.79. The lowest BCUT2D eigenvalue weighted by Gasteiger charge is -2.07. The minimum atomic E-state index is -0.279. The molecule has 0 saturated heterocycles. The van der Waals surface area contributed by atoms with Crippen molar-refractivity contribution in [2.45, 2.75) is 26.4 Å². The van der Waals surface area contributed by atoms with Crippen LogP contribution >= 0.6 is 22.6 Å². The maximum absolute atomic E-state index is 12.1. The van der Waals surface area contributed by atoms with Gasteiger partial charge in [-0.25, -0.2) is 4.68 Å². The third kappa shape index (κ3) is 4.38. The number of hydrogen-bond donors (Lipinski definition) is 1. The Hall–Kier alpha value is -1.70. The van der Waals surface area contributed by atoms with E-state index in [4.69, 9.17) is 0 Å². The van der Waals surface area contributed by atoms with E-state index in [2.05, 4.69) is 33.0 Å². The van der Waals surface area contributed by atoms with E-state index in [1.54, 1.807) is 0 Å². The number of aryl methyl sites for hydroxylation is 1. The third-order valence-electron chi connectivity index (χ3n) is 2.90. The molecule has 1 aromatic carbocycles. The SMILES string of the molecule is CCCn1nc(C(=O)NCc2ccc(I)cc2)ccc1=O. The number of rotatable bonds is 5. The summed E-state index contributed by atoms with van der Waals surface area (Å²) in [6.45, 7) is 2.90. The van der Waals surface area contributed by atoms with E-state index in [0.717, 1.165) is 15.6 Å². The van der Waals surface area contributed by atoms with Crippen molar-refractivity contribution in [3.8, 4) is 0 Å². The van der Waals surface area contributed by atoms with E-state index < -0.39 is 0 Å². The van der Waals surface area contributed by atoms with Crippen molar-refractivity contribution >= 4 is 28.5 Å². The molecule has 0 aliphatic heterocycles. The smallest absolute Gasteiger partial charge is 0.271 e. The molecule has 1 amide bonds. The Labute approximate surface area is 136 Å². The van der Waals surface area contributed by atoms with Crippen LogP contribution in [-0.2, 0) is 13.1 Å². The van der Waals surface area contributed by atoms with Crippen molar-refractivity contribution < 1.29 is 4.79 Å². The molecule has 1 aromatic heterocycles. The fraction of sp³-hybridized carbons (Fsp3) is 0.267. The molecule has 0 radical (unpaired) electrons. The first-order chi connectivity index (χ1) is 10.1. The maximum atomic E-state index is 12.1. The van der Waals surface area contributed by atoms with Crippen LogP contribution in [0.15, 0.2) is 41.2 Å². The Balaban J connectivity index is 2.04. The molecule has 0 fully saturated rings. The van der Waals surface area contributed by atoms with Crippen LogP contribution in [0.3, 0.4) is 0 Å². The van der Waals surface area contributed by atoms with Crippen LogP contribution in [0.25, 0.3) is 0 Å². The van der Waals surface area contributed by atoms with Crippen LogP contribution in [0.2, 0.25) is 0 Å². The van der Waals surface area contributed by atoms with Crippen LogP contribution in [0, 0.1) is 3.57 Å². The Morgan fingerprint density at radius 3 is 2.62 bits per heavy atom. The van der Waals surface area contributed by atoms with Crippen molar-refractivity contribution in [1.82, 2.24) is 15.1 Å². The standard InChI is InChI=1S/C15H16IN3O2/c1-2-9-19-14(20)8-7-13(18-19)15(21)17-10-11-3-5-12(16)6-4-11/h3-8H,2,9-10H2,1H3,(H,17,21). The van der Waals surface area contributed by atoms with Crippen LogP contribution in [0.1, 0.15) is 29.4 Å². The molecular weight excluding hydrogens is 381 g/mol. The molecule has 1 heterocycles. The predicted octanol–water partition coefficient (Wildman–Crippen LogP) is 2.19. The second-order valence-electron chi connectivity index (χ2n) is 4.59. The van der Waals surface area contributed by atoms with Gasteiger partial charge in [0.2, 0.25) is 0 Å².